The minimum Gasteiger partial charge on any atom is -0.373 e. The van der Waals surface area contributed by atoms with E-state index in [2.05, 4.69) is 0 Å². The second-order valence-electron chi connectivity index (χ2n) is 3.28. The fourth-order valence-corrected chi connectivity index (χ4v) is 2.83. The molecule has 1 fully saturated rings. The molecule has 1 atom stereocenters. The lowest BCUT2D eigenvalue weighted by Crippen LogP contribution is -2.32. The Bertz CT molecular complexity index is 385. The maximum Gasteiger partial charge on any atom is 0.138 e. The van der Waals surface area contributed by atoms with Gasteiger partial charge in [0.05, 0.1) is 0 Å². The summed E-state index contributed by atoms with van der Waals surface area (Å²) in [6.45, 7) is 0.576. The zero-order chi connectivity index (χ0) is 10.8. The van der Waals surface area contributed by atoms with Crippen molar-refractivity contribution in [2.45, 2.75) is 12.8 Å². The summed E-state index contributed by atoms with van der Waals surface area (Å²) < 4.78 is 0.738. The Morgan fingerprint density at radius 2 is 2.27 bits per heavy atom. The molecule has 2 nitrogen and oxygen atoms in total. The summed E-state index contributed by atoms with van der Waals surface area (Å²) in [4.78, 5) is 1.79. The molecule has 1 aromatic carbocycles. The number of thiocarbonyl (C=S) groups is 1. The number of rotatable bonds is 2. The molecule has 0 bridgehead atoms. The maximum absolute atomic E-state index is 9.69. The van der Waals surface area contributed by atoms with E-state index in [1.54, 1.807) is 4.90 Å². The Labute approximate surface area is 103 Å². The summed E-state index contributed by atoms with van der Waals surface area (Å²) in [7, 11) is 0. The first-order valence-corrected chi connectivity index (χ1v) is 6.30. The number of hydrogen-bond acceptors (Lipinski definition) is 3. The molecule has 1 aliphatic rings. The highest BCUT2D eigenvalue weighted by Crippen LogP contribution is 2.26. The predicted octanol–water partition coefficient (Wildman–Crippen LogP) is 2.49. The molecule has 2 rings (SSSR count). The van der Waals surface area contributed by atoms with Crippen LogP contribution in [0, 0.1) is 0 Å². The quantitative estimate of drug-likeness (QED) is 0.825. The van der Waals surface area contributed by atoms with E-state index in [0.717, 1.165) is 9.88 Å². The van der Waals surface area contributed by atoms with Gasteiger partial charge < -0.3 is 10.0 Å². The summed E-state index contributed by atoms with van der Waals surface area (Å²) in [5.41, 5.74) is 0.989. The molecule has 1 aromatic rings. The second-order valence-corrected chi connectivity index (χ2v) is 5.34. The first-order chi connectivity index (χ1) is 7.18. The maximum atomic E-state index is 9.69. The molecule has 0 aromatic heterocycles. The van der Waals surface area contributed by atoms with Crippen LogP contribution in [0.15, 0.2) is 24.3 Å². The lowest BCUT2D eigenvalue weighted by molar-refractivity contribution is 0.0795. The molecule has 1 unspecified atom stereocenters. The van der Waals surface area contributed by atoms with E-state index in [1.165, 1.54) is 11.8 Å². The molecule has 1 aliphatic heterocycles. The first kappa shape index (κ1) is 11.2. The van der Waals surface area contributed by atoms with Crippen LogP contribution in [-0.2, 0) is 6.54 Å². The van der Waals surface area contributed by atoms with E-state index in [9.17, 15) is 5.11 Å². The van der Waals surface area contributed by atoms with Crippen LogP contribution in [0.5, 0.6) is 0 Å². The van der Waals surface area contributed by atoms with Crippen molar-refractivity contribution in [3.63, 3.8) is 0 Å². The average molecular weight is 260 g/mol. The molecule has 0 saturated carbocycles. The zero-order valence-corrected chi connectivity index (χ0v) is 10.3. The lowest BCUT2D eigenvalue weighted by Gasteiger charge is -2.21. The molecule has 1 saturated heterocycles. The number of aliphatic hydroxyl groups is 1. The molecule has 0 amide bonds. The molecule has 0 radical (unpaired) electrons. The van der Waals surface area contributed by atoms with E-state index in [0.29, 0.717) is 17.3 Å². The minimum absolute atomic E-state index is 0.487. The summed E-state index contributed by atoms with van der Waals surface area (Å²) in [6.07, 6.45) is -0.487. The molecular weight excluding hydrogens is 250 g/mol. The molecule has 1 heterocycles. The molecule has 80 valence electrons. The van der Waals surface area contributed by atoms with Crippen molar-refractivity contribution in [3.05, 3.63) is 34.9 Å². The Balaban J connectivity index is 2.15. The van der Waals surface area contributed by atoms with Gasteiger partial charge in [-0.25, -0.2) is 0 Å². The summed E-state index contributed by atoms with van der Waals surface area (Å²) >= 11 is 12.7. The van der Waals surface area contributed by atoms with Crippen molar-refractivity contribution in [2.24, 2.45) is 0 Å². The van der Waals surface area contributed by atoms with Crippen LogP contribution in [0.4, 0.5) is 0 Å². The van der Waals surface area contributed by atoms with Crippen molar-refractivity contribution in [2.75, 3.05) is 5.75 Å². The van der Waals surface area contributed by atoms with E-state index in [1.807, 2.05) is 24.3 Å². The fraction of sp³-hybridized carbons (Fsp3) is 0.300. The Kier molecular flexibility index (Phi) is 3.51. The highest BCUT2D eigenvalue weighted by molar-refractivity contribution is 8.23. The van der Waals surface area contributed by atoms with E-state index >= 15 is 0 Å². The molecule has 0 spiro atoms. The van der Waals surface area contributed by atoms with E-state index < -0.39 is 6.23 Å². The van der Waals surface area contributed by atoms with Gasteiger partial charge in [-0.05, 0) is 11.6 Å². The topological polar surface area (TPSA) is 23.5 Å². The average Bonchev–Trinajstić information content (AvgIpc) is 2.53. The SMILES string of the molecule is OC1CSC(=S)N1Cc1ccccc1Cl. The van der Waals surface area contributed by atoms with Crippen LogP contribution in [0.2, 0.25) is 5.02 Å². The first-order valence-electron chi connectivity index (χ1n) is 4.53. The van der Waals surface area contributed by atoms with Crippen molar-refractivity contribution < 1.29 is 5.11 Å². The van der Waals surface area contributed by atoms with Gasteiger partial charge in [0.2, 0.25) is 0 Å². The van der Waals surface area contributed by atoms with Gasteiger partial charge in [-0.3, -0.25) is 0 Å². The third-order valence-electron chi connectivity index (χ3n) is 2.25. The monoisotopic (exact) mass is 259 g/mol. The number of thioether (sulfide) groups is 1. The minimum atomic E-state index is -0.487. The van der Waals surface area contributed by atoms with Gasteiger partial charge in [0.15, 0.2) is 0 Å². The number of aliphatic hydroxyl groups excluding tert-OH is 1. The van der Waals surface area contributed by atoms with Crippen molar-refractivity contribution in [3.8, 4) is 0 Å². The van der Waals surface area contributed by atoms with Crippen LogP contribution in [-0.4, -0.2) is 26.3 Å². The van der Waals surface area contributed by atoms with Gasteiger partial charge in [-0.15, -0.1) is 0 Å². The van der Waals surface area contributed by atoms with Crippen LogP contribution in [0.1, 0.15) is 5.56 Å². The molecular formula is C10H10ClNOS2. The van der Waals surface area contributed by atoms with Gasteiger partial charge in [-0.1, -0.05) is 53.8 Å². The van der Waals surface area contributed by atoms with E-state index in [4.69, 9.17) is 23.8 Å². The molecule has 1 N–H and O–H groups in total. The third kappa shape index (κ3) is 2.45. The fourth-order valence-electron chi connectivity index (χ4n) is 1.42. The molecule has 0 aliphatic carbocycles. The van der Waals surface area contributed by atoms with E-state index in [-0.39, 0.29) is 0 Å². The van der Waals surface area contributed by atoms with Crippen molar-refractivity contribution in [1.82, 2.24) is 4.90 Å². The van der Waals surface area contributed by atoms with Crippen LogP contribution < -0.4 is 0 Å². The number of hydrogen-bond donors (Lipinski definition) is 1. The third-order valence-corrected chi connectivity index (χ3v) is 4.15. The normalized spacial score (nSPS) is 21.1. The number of halogens is 1. The molecule has 15 heavy (non-hydrogen) atoms. The van der Waals surface area contributed by atoms with Crippen molar-refractivity contribution in [1.29, 1.82) is 0 Å². The summed E-state index contributed by atoms with van der Waals surface area (Å²) in [6, 6.07) is 7.61. The largest absolute Gasteiger partial charge is 0.373 e. The van der Waals surface area contributed by atoms with Gasteiger partial charge >= 0.3 is 0 Å². The second kappa shape index (κ2) is 4.70. The summed E-state index contributed by atoms with van der Waals surface area (Å²) in [5, 5.41) is 10.4. The smallest absolute Gasteiger partial charge is 0.138 e. The Morgan fingerprint density at radius 3 is 2.87 bits per heavy atom. The number of benzene rings is 1. The van der Waals surface area contributed by atoms with Crippen LogP contribution in [0.25, 0.3) is 0 Å². The number of nitrogens with zero attached hydrogens (tertiary/aromatic N) is 1. The van der Waals surface area contributed by atoms with Crippen LogP contribution in [0.3, 0.4) is 0 Å². The highest BCUT2D eigenvalue weighted by atomic mass is 35.5. The predicted molar refractivity (Wildman–Crippen MR) is 68.1 cm³/mol. The lowest BCUT2D eigenvalue weighted by atomic mass is 10.2. The highest BCUT2D eigenvalue weighted by Gasteiger charge is 2.27. The van der Waals surface area contributed by atoms with Gasteiger partial charge in [0.1, 0.15) is 10.5 Å². The van der Waals surface area contributed by atoms with Crippen LogP contribution >= 0.6 is 35.6 Å². The van der Waals surface area contributed by atoms with Crippen molar-refractivity contribution >= 4 is 39.9 Å². The Hall–Kier alpha value is -0.290. The zero-order valence-electron chi connectivity index (χ0n) is 7.89. The van der Waals surface area contributed by atoms with Gasteiger partial charge in [0, 0.05) is 17.3 Å². The molecule has 5 heteroatoms. The standard InChI is InChI=1S/C10H10ClNOS2/c11-8-4-2-1-3-7(8)5-12-9(13)6-15-10(12)14/h1-4,9,13H,5-6H2. The van der Waals surface area contributed by atoms with Gasteiger partial charge in [-0.2, -0.15) is 0 Å². The Morgan fingerprint density at radius 1 is 1.53 bits per heavy atom. The van der Waals surface area contributed by atoms with Gasteiger partial charge in [0.25, 0.3) is 0 Å². The summed E-state index contributed by atoms with van der Waals surface area (Å²) in [5.74, 6) is 0.642.